The zero-order chi connectivity index (χ0) is 15.5. The van der Waals surface area contributed by atoms with Gasteiger partial charge in [-0.2, -0.15) is 0 Å². The smallest absolute Gasteiger partial charge is 0.373 e. The Balaban J connectivity index is 2.17. The lowest BCUT2D eigenvalue weighted by Gasteiger charge is -2.11. The van der Waals surface area contributed by atoms with E-state index in [1.807, 2.05) is 0 Å². The quantitative estimate of drug-likeness (QED) is 0.748. The van der Waals surface area contributed by atoms with E-state index in [1.165, 1.54) is 13.2 Å². The van der Waals surface area contributed by atoms with Crippen LogP contribution in [-0.2, 0) is 21.2 Å². The van der Waals surface area contributed by atoms with E-state index < -0.39 is 16.0 Å². The molecule has 0 saturated carbocycles. The molecule has 1 aromatic rings. The van der Waals surface area contributed by atoms with Gasteiger partial charge in [-0.3, -0.25) is 0 Å². The number of hydrogen-bond donors (Lipinski definition) is 2. The number of ether oxygens (including phenoxy) is 1. The largest absolute Gasteiger partial charge is 0.463 e. The van der Waals surface area contributed by atoms with E-state index >= 15 is 0 Å². The molecular formula is C13H20N2O5S. The lowest BCUT2D eigenvalue weighted by atomic mass is 10.2. The summed E-state index contributed by atoms with van der Waals surface area (Å²) < 4.78 is 37.1. The van der Waals surface area contributed by atoms with Gasteiger partial charge in [0.05, 0.1) is 7.11 Å². The highest BCUT2D eigenvalue weighted by Crippen LogP contribution is 2.22. The van der Waals surface area contributed by atoms with E-state index in [9.17, 15) is 13.2 Å². The van der Waals surface area contributed by atoms with Gasteiger partial charge in [-0.15, -0.1) is 0 Å². The molecule has 0 bridgehead atoms. The molecule has 1 aromatic heterocycles. The first-order valence-corrected chi connectivity index (χ1v) is 8.40. The molecule has 2 N–H and O–H groups in total. The minimum absolute atomic E-state index is 0.00315. The summed E-state index contributed by atoms with van der Waals surface area (Å²) in [5, 5.41) is 3.22. The van der Waals surface area contributed by atoms with Gasteiger partial charge in [0.2, 0.25) is 15.8 Å². The molecule has 0 aliphatic carbocycles. The van der Waals surface area contributed by atoms with Crippen molar-refractivity contribution in [2.24, 2.45) is 0 Å². The number of carbonyl (C=O) groups excluding carboxylic acids is 1. The number of methoxy groups -OCH3 is 1. The molecular weight excluding hydrogens is 296 g/mol. The van der Waals surface area contributed by atoms with Crippen LogP contribution in [0.1, 0.15) is 36.1 Å². The third-order valence-corrected chi connectivity index (χ3v) is 4.92. The van der Waals surface area contributed by atoms with Crippen LogP contribution in [-0.4, -0.2) is 40.6 Å². The first-order valence-electron chi connectivity index (χ1n) is 6.92. The Morgan fingerprint density at radius 2 is 2.33 bits per heavy atom. The summed E-state index contributed by atoms with van der Waals surface area (Å²) in [6.45, 7) is 2.99. The number of esters is 1. The number of carbonyl (C=O) groups is 1. The van der Waals surface area contributed by atoms with E-state index in [0.29, 0.717) is 13.0 Å². The summed E-state index contributed by atoms with van der Waals surface area (Å²) in [6, 6.07) is 1.37. The van der Waals surface area contributed by atoms with Crippen LogP contribution in [0.15, 0.2) is 15.4 Å². The molecule has 2 heterocycles. The van der Waals surface area contributed by atoms with Crippen molar-refractivity contribution in [3.05, 3.63) is 17.6 Å². The molecule has 118 valence electrons. The fourth-order valence-corrected chi connectivity index (χ4v) is 3.63. The SMILES string of the molecule is CCc1oc(C(=O)OC)cc1S(=O)(=O)NCC1CCCN1. The van der Waals surface area contributed by atoms with Crippen molar-refractivity contribution in [2.75, 3.05) is 20.2 Å². The van der Waals surface area contributed by atoms with Crippen molar-refractivity contribution < 1.29 is 22.4 Å². The van der Waals surface area contributed by atoms with E-state index in [-0.39, 0.29) is 22.5 Å². The number of aryl methyl sites for hydroxylation is 1. The van der Waals surface area contributed by atoms with E-state index in [1.54, 1.807) is 6.92 Å². The van der Waals surface area contributed by atoms with Crippen LogP contribution >= 0.6 is 0 Å². The topological polar surface area (TPSA) is 97.6 Å². The van der Waals surface area contributed by atoms with E-state index in [2.05, 4.69) is 14.8 Å². The predicted molar refractivity (Wildman–Crippen MR) is 75.6 cm³/mol. The summed E-state index contributed by atoms with van der Waals surface area (Å²) >= 11 is 0. The second kappa shape index (κ2) is 6.59. The minimum Gasteiger partial charge on any atom is -0.463 e. The lowest BCUT2D eigenvalue weighted by molar-refractivity contribution is 0.0563. The molecule has 1 fully saturated rings. The van der Waals surface area contributed by atoms with Gasteiger partial charge in [0.15, 0.2) is 0 Å². The molecule has 1 unspecified atom stereocenters. The van der Waals surface area contributed by atoms with E-state index in [0.717, 1.165) is 19.4 Å². The fraction of sp³-hybridized carbons (Fsp3) is 0.615. The number of furan rings is 1. The highest BCUT2D eigenvalue weighted by atomic mass is 32.2. The Morgan fingerprint density at radius 3 is 2.90 bits per heavy atom. The van der Waals surface area contributed by atoms with Gasteiger partial charge in [0.1, 0.15) is 10.7 Å². The molecule has 1 atom stereocenters. The van der Waals surface area contributed by atoms with Gasteiger partial charge in [-0.05, 0) is 19.4 Å². The second-order valence-electron chi connectivity index (χ2n) is 4.89. The van der Waals surface area contributed by atoms with Gasteiger partial charge >= 0.3 is 5.97 Å². The molecule has 1 aliphatic rings. The summed E-state index contributed by atoms with van der Waals surface area (Å²) in [4.78, 5) is 11.5. The summed E-state index contributed by atoms with van der Waals surface area (Å²) in [5.74, 6) is -0.542. The normalized spacial score (nSPS) is 18.9. The maximum Gasteiger partial charge on any atom is 0.373 e. The monoisotopic (exact) mass is 316 g/mol. The summed E-state index contributed by atoms with van der Waals surface area (Å²) in [5.41, 5.74) is 0. The number of nitrogens with one attached hydrogen (secondary N) is 2. The number of hydrogen-bond acceptors (Lipinski definition) is 6. The van der Waals surface area contributed by atoms with Crippen LogP contribution in [0.4, 0.5) is 0 Å². The van der Waals surface area contributed by atoms with Crippen molar-refractivity contribution >= 4 is 16.0 Å². The molecule has 8 heteroatoms. The summed E-state index contributed by atoms with van der Waals surface area (Å²) in [7, 11) is -2.49. The Morgan fingerprint density at radius 1 is 1.57 bits per heavy atom. The van der Waals surface area contributed by atoms with Crippen LogP contribution in [0.25, 0.3) is 0 Å². The highest BCUT2D eigenvalue weighted by Gasteiger charge is 2.26. The average Bonchev–Trinajstić information content (AvgIpc) is 3.13. The highest BCUT2D eigenvalue weighted by molar-refractivity contribution is 7.89. The molecule has 7 nitrogen and oxygen atoms in total. The minimum atomic E-state index is -3.70. The Labute approximate surface area is 124 Å². The predicted octanol–water partition coefficient (Wildman–Crippen LogP) is 0.659. The second-order valence-corrected chi connectivity index (χ2v) is 6.62. The van der Waals surface area contributed by atoms with Crippen molar-refractivity contribution in [1.82, 2.24) is 10.0 Å². The van der Waals surface area contributed by atoms with Crippen molar-refractivity contribution in [3.63, 3.8) is 0 Å². The number of rotatable bonds is 6. The Kier molecular flexibility index (Phi) is 5.02. The third kappa shape index (κ3) is 3.63. The fourth-order valence-electron chi connectivity index (χ4n) is 2.31. The zero-order valence-electron chi connectivity index (χ0n) is 12.1. The van der Waals surface area contributed by atoms with Crippen molar-refractivity contribution in [2.45, 2.75) is 37.1 Å². The molecule has 2 rings (SSSR count). The molecule has 0 aromatic carbocycles. The van der Waals surface area contributed by atoms with Crippen LogP contribution in [0.5, 0.6) is 0 Å². The molecule has 1 aliphatic heterocycles. The zero-order valence-corrected chi connectivity index (χ0v) is 13.0. The van der Waals surface area contributed by atoms with Crippen molar-refractivity contribution in [3.8, 4) is 0 Å². The molecule has 0 spiro atoms. The molecule has 0 radical (unpaired) electrons. The molecule has 0 amide bonds. The number of sulfonamides is 1. The lowest BCUT2D eigenvalue weighted by Crippen LogP contribution is -2.37. The molecule has 21 heavy (non-hydrogen) atoms. The van der Waals surface area contributed by atoms with Gasteiger partial charge in [0.25, 0.3) is 0 Å². The molecule has 1 saturated heterocycles. The van der Waals surface area contributed by atoms with E-state index in [4.69, 9.17) is 4.42 Å². The Bertz CT molecular complexity index is 602. The maximum absolute atomic E-state index is 12.3. The van der Waals surface area contributed by atoms with Crippen LogP contribution in [0.2, 0.25) is 0 Å². The van der Waals surface area contributed by atoms with Gasteiger partial charge in [0, 0.05) is 25.1 Å². The van der Waals surface area contributed by atoms with Crippen LogP contribution in [0.3, 0.4) is 0 Å². The van der Waals surface area contributed by atoms with Gasteiger partial charge < -0.3 is 14.5 Å². The first kappa shape index (κ1) is 16.0. The summed E-state index contributed by atoms with van der Waals surface area (Å²) in [6.07, 6.45) is 2.36. The average molecular weight is 316 g/mol. The Hall–Kier alpha value is -1.38. The van der Waals surface area contributed by atoms with Gasteiger partial charge in [-0.1, -0.05) is 6.92 Å². The standard InChI is InChI=1S/C13H20N2O5S/c1-3-10-12(7-11(20-10)13(16)19-2)21(17,18)15-8-9-5-4-6-14-9/h7,9,14-15H,3-6,8H2,1-2H3. The van der Waals surface area contributed by atoms with Crippen LogP contribution < -0.4 is 10.0 Å². The van der Waals surface area contributed by atoms with Crippen LogP contribution in [0, 0.1) is 0 Å². The first-order chi connectivity index (χ1) is 9.97. The van der Waals surface area contributed by atoms with Gasteiger partial charge in [-0.25, -0.2) is 17.9 Å². The maximum atomic E-state index is 12.3. The van der Waals surface area contributed by atoms with Crippen molar-refractivity contribution in [1.29, 1.82) is 0 Å². The third-order valence-electron chi connectivity index (χ3n) is 3.45.